The van der Waals surface area contributed by atoms with E-state index in [-0.39, 0.29) is 23.5 Å². The lowest BCUT2D eigenvalue weighted by Gasteiger charge is -2.36. The molecule has 7 nitrogen and oxygen atoms in total. The van der Waals surface area contributed by atoms with Gasteiger partial charge in [0.15, 0.2) is 6.61 Å². The normalized spacial score (nSPS) is 24.0. The van der Waals surface area contributed by atoms with Gasteiger partial charge in [0.25, 0.3) is 11.8 Å². The average molecular weight is 437 g/mol. The predicted molar refractivity (Wildman–Crippen MR) is 99.3 cm³/mol. The number of carbonyl (C=O) groups is 4. The molecule has 2 saturated carbocycles. The fourth-order valence-electron chi connectivity index (χ4n) is 3.80. The van der Waals surface area contributed by atoms with E-state index in [2.05, 4.69) is 26.8 Å². The molecule has 1 aromatic carbocycles. The molecule has 8 heteroatoms. The van der Waals surface area contributed by atoms with Crippen LogP contribution in [0.4, 0.5) is 0 Å². The second-order valence-corrected chi connectivity index (χ2v) is 7.84. The molecule has 27 heavy (non-hydrogen) atoms. The molecule has 2 aliphatic carbocycles. The van der Waals surface area contributed by atoms with Gasteiger partial charge in [0, 0.05) is 16.3 Å². The van der Waals surface area contributed by atoms with Crippen LogP contribution in [0.15, 0.2) is 28.7 Å². The quantitative estimate of drug-likeness (QED) is 0.555. The molecule has 3 rings (SSSR count). The van der Waals surface area contributed by atoms with E-state index >= 15 is 0 Å². The van der Waals surface area contributed by atoms with Crippen LogP contribution in [-0.2, 0) is 19.1 Å². The minimum absolute atomic E-state index is 0.0486. The summed E-state index contributed by atoms with van der Waals surface area (Å²) in [6.45, 7) is -0.477. The molecule has 2 aliphatic rings. The first kappa shape index (κ1) is 19.5. The highest BCUT2D eigenvalue weighted by atomic mass is 79.9. The maximum Gasteiger partial charge on any atom is 0.309 e. The van der Waals surface area contributed by atoms with Crippen LogP contribution in [0.5, 0.6) is 0 Å². The molecule has 0 unspecified atom stereocenters. The highest BCUT2D eigenvalue weighted by Gasteiger charge is 2.41. The molecule has 2 amide bonds. The first-order chi connectivity index (χ1) is 13.0. The smallest absolute Gasteiger partial charge is 0.309 e. The van der Waals surface area contributed by atoms with Crippen LogP contribution in [-0.4, -0.2) is 30.2 Å². The molecule has 1 aromatic rings. The van der Waals surface area contributed by atoms with Crippen molar-refractivity contribution in [2.75, 3.05) is 6.61 Å². The maximum atomic E-state index is 12.2. The summed E-state index contributed by atoms with van der Waals surface area (Å²) in [7, 11) is 0. The topological polar surface area (TPSA) is 102 Å². The zero-order chi connectivity index (χ0) is 19.4. The lowest BCUT2D eigenvalue weighted by Crippen LogP contribution is -2.44. The minimum atomic E-state index is -0.629. The summed E-state index contributed by atoms with van der Waals surface area (Å²) in [6, 6.07) is 6.79. The van der Waals surface area contributed by atoms with E-state index in [1.165, 1.54) is 0 Å². The number of hydrogen-bond donors (Lipinski definition) is 2. The van der Waals surface area contributed by atoms with E-state index in [1.54, 1.807) is 24.3 Å². The van der Waals surface area contributed by atoms with Gasteiger partial charge in [0.1, 0.15) is 5.78 Å². The molecule has 0 saturated heterocycles. The van der Waals surface area contributed by atoms with Gasteiger partial charge in [-0.05, 0) is 53.7 Å². The van der Waals surface area contributed by atoms with E-state index < -0.39 is 24.4 Å². The van der Waals surface area contributed by atoms with Gasteiger partial charge in [-0.25, -0.2) is 0 Å². The number of benzene rings is 1. The highest BCUT2D eigenvalue weighted by molar-refractivity contribution is 9.10. The van der Waals surface area contributed by atoms with Gasteiger partial charge in [0.2, 0.25) is 0 Å². The molecule has 2 fully saturated rings. The third-order valence-corrected chi connectivity index (χ3v) is 5.85. The van der Waals surface area contributed by atoms with Gasteiger partial charge in [-0.3, -0.25) is 30.0 Å². The van der Waals surface area contributed by atoms with Crippen molar-refractivity contribution < 1.29 is 23.9 Å². The number of amides is 2. The number of ether oxygens (including phenoxy) is 1. The number of carbonyl (C=O) groups excluding carboxylic acids is 4. The summed E-state index contributed by atoms with van der Waals surface area (Å²) in [6.07, 6.45) is 3.72. The summed E-state index contributed by atoms with van der Waals surface area (Å²) < 4.78 is 5.68. The van der Waals surface area contributed by atoms with Gasteiger partial charge in [0.05, 0.1) is 11.5 Å². The summed E-state index contributed by atoms with van der Waals surface area (Å²) in [5.74, 6) is -1.72. The van der Waals surface area contributed by atoms with Gasteiger partial charge in [-0.15, -0.1) is 0 Å². The molecule has 2 atom stereocenters. The number of Topliss-reactive ketones (excluding diaryl/α,β-unsaturated/α-hetero) is 1. The second-order valence-electron chi connectivity index (χ2n) is 6.99. The Kier molecular flexibility index (Phi) is 6.26. The molecular formula is C19H21BrN2O5. The van der Waals surface area contributed by atoms with Crippen molar-refractivity contribution in [3.63, 3.8) is 0 Å². The number of hydrazine groups is 1. The Hall–Kier alpha value is -2.22. The Morgan fingerprint density at radius 2 is 1.74 bits per heavy atom. The van der Waals surface area contributed by atoms with Crippen LogP contribution in [0.1, 0.15) is 42.5 Å². The molecule has 0 radical (unpaired) electrons. The third-order valence-electron chi connectivity index (χ3n) is 5.16. The zero-order valence-corrected chi connectivity index (χ0v) is 16.3. The molecular weight excluding hydrogens is 416 g/mol. The van der Waals surface area contributed by atoms with Crippen molar-refractivity contribution in [3.8, 4) is 0 Å². The van der Waals surface area contributed by atoms with Crippen molar-refractivity contribution >= 4 is 39.5 Å². The van der Waals surface area contributed by atoms with Crippen molar-refractivity contribution in [2.24, 2.45) is 17.8 Å². The van der Waals surface area contributed by atoms with Gasteiger partial charge in [-0.2, -0.15) is 0 Å². The number of hydrogen-bond acceptors (Lipinski definition) is 5. The number of ketones is 1. The predicted octanol–water partition coefficient (Wildman–Crippen LogP) is 2.15. The summed E-state index contributed by atoms with van der Waals surface area (Å²) >= 11 is 3.26. The fourth-order valence-corrected chi connectivity index (χ4v) is 4.27. The lowest BCUT2D eigenvalue weighted by atomic mass is 9.67. The van der Waals surface area contributed by atoms with Crippen molar-refractivity contribution in [1.29, 1.82) is 0 Å². The Bertz CT molecular complexity index is 750. The summed E-state index contributed by atoms with van der Waals surface area (Å²) in [5, 5.41) is 0. The number of esters is 1. The van der Waals surface area contributed by atoms with Crippen molar-refractivity contribution in [2.45, 2.75) is 32.1 Å². The van der Waals surface area contributed by atoms with Crippen molar-refractivity contribution in [3.05, 3.63) is 34.3 Å². The fraction of sp³-hybridized carbons (Fsp3) is 0.474. The number of rotatable bonds is 4. The van der Waals surface area contributed by atoms with Crippen LogP contribution < -0.4 is 10.9 Å². The number of nitrogens with one attached hydrogen (secondary N) is 2. The van der Waals surface area contributed by atoms with Gasteiger partial charge < -0.3 is 4.74 Å². The van der Waals surface area contributed by atoms with E-state index in [4.69, 9.17) is 4.74 Å². The standard InChI is InChI=1S/C19H21BrN2O5/c20-15-7-2-1-6-14(15)18(25)22-21-16(23)10-27-19(26)13-8-11-4-3-5-12(9-13)17(11)24/h1-2,6-7,11-13H,3-5,8-10H2,(H,21,23)(H,22,25)/t11-,12-/m0/s1. The van der Waals surface area contributed by atoms with Crippen molar-refractivity contribution in [1.82, 2.24) is 10.9 Å². The molecule has 0 aromatic heterocycles. The number of halogens is 1. The van der Waals surface area contributed by atoms with Gasteiger partial charge in [-0.1, -0.05) is 18.6 Å². The van der Waals surface area contributed by atoms with Crippen LogP contribution in [0.25, 0.3) is 0 Å². The Morgan fingerprint density at radius 3 is 2.41 bits per heavy atom. The summed E-state index contributed by atoms with van der Waals surface area (Å²) in [5.41, 5.74) is 4.87. The SMILES string of the molecule is O=C(COC(=O)C1C[C@@H]2CCC[C@@H](C1)C2=O)NNC(=O)c1ccccc1Br. The third kappa shape index (κ3) is 4.74. The Labute approximate surface area is 165 Å². The number of fused-ring (bicyclic) bond motifs is 2. The lowest BCUT2D eigenvalue weighted by molar-refractivity contribution is -0.156. The molecule has 144 valence electrons. The van der Waals surface area contributed by atoms with E-state index in [0.29, 0.717) is 22.9 Å². The van der Waals surface area contributed by atoms with E-state index in [0.717, 1.165) is 19.3 Å². The Morgan fingerprint density at radius 1 is 1.07 bits per heavy atom. The highest BCUT2D eigenvalue weighted by Crippen LogP contribution is 2.40. The molecule has 0 heterocycles. The second kappa shape index (κ2) is 8.65. The first-order valence-electron chi connectivity index (χ1n) is 8.99. The van der Waals surface area contributed by atoms with E-state index in [9.17, 15) is 19.2 Å². The monoisotopic (exact) mass is 436 g/mol. The molecule has 0 spiro atoms. The molecule has 2 bridgehead atoms. The maximum absolute atomic E-state index is 12.2. The van der Waals surface area contributed by atoms with Crippen LogP contribution in [0.3, 0.4) is 0 Å². The first-order valence-corrected chi connectivity index (χ1v) is 9.79. The van der Waals surface area contributed by atoms with Gasteiger partial charge >= 0.3 is 5.97 Å². The zero-order valence-electron chi connectivity index (χ0n) is 14.7. The largest absolute Gasteiger partial charge is 0.455 e. The average Bonchev–Trinajstić information content (AvgIpc) is 2.64. The molecule has 0 aliphatic heterocycles. The minimum Gasteiger partial charge on any atom is -0.455 e. The van der Waals surface area contributed by atoms with Crippen LogP contribution >= 0.6 is 15.9 Å². The summed E-state index contributed by atoms with van der Waals surface area (Å²) in [4.78, 5) is 48.1. The van der Waals surface area contributed by atoms with Crippen LogP contribution in [0, 0.1) is 17.8 Å². The molecule has 2 N–H and O–H groups in total. The van der Waals surface area contributed by atoms with Crippen LogP contribution in [0.2, 0.25) is 0 Å². The Balaban J connectivity index is 1.43. The van der Waals surface area contributed by atoms with E-state index in [1.807, 2.05) is 0 Å².